The van der Waals surface area contributed by atoms with E-state index in [-0.39, 0.29) is 22.9 Å². The Kier molecular flexibility index (Phi) is 6.75. The highest BCUT2D eigenvalue weighted by Gasteiger charge is 2.17. The van der Waals surface area contributed by atoms with Gasteiger partial charge in [-0.25, -0.2) is 19.9 Å². The van der Waals surface area contributed by atoms with E-state index in [1.807, 2.05) is 12.1 Å². The second-order valence-electron chi connectivity index (χ2n) is 8.49. The smallest absolute Gasteiger partial charge is 0.258 e. The Morgan fingerprint density at radius 1 is 0.902 bits per heavy atom. The lowest BCUT2D eigenvalue weighted by molar-refractivity contribution is 0.102. The highest BCUT2D eigenvalue weighted by molar-refractivity contribution is 7.80. The number of hydrogen-bond donors (Lipinski definition) is 4. The topological polar surface area (TPSA) is 170 Å². The molecule has 0 aliphatic carbocycles. The molecule has 4 N–H and O–H groups in total. The number of methoxy groups -OCH3 is 2. The lowest BCUT2D eigenvalue weighted by Crippen LogP contribution is -2.20. The van der Waals surface area contributed by atoms with Crippen LogP contribution in [0.5, 0.6) is 11.5 Å². The largest absolute Gasteiger partial charge is 0.493 e. The zero-order chi connectivity index (χ0) is 28.3. The van der Waals surface area contributed by atoms with Gasteiger partial charge in [0.05, 0.1) is 25.1 Å². The minimum Gasteiger partial charge on any atom is -0.493 e. The van der Waals surface area contributed by atoms with Crippen molar-refractivity contribution < 1.29 is 14.3 Å². The van der Waals surface area contributed by atoms with Crippen molar-refractivity contribution in [2.24, 2.45) is 0 Å². The number of rotatable bonds is 7. The maximum absolute atomic E-state index is 12.4. The van der Waals surface area contributed by atoms with Gasteiger partial charge in [-0.1, -0.05) is 0 Å². The van der Waals surface area contributed by atoms with Crippen molar-refractivity contribution in [3.8, 4) is 17.3 Å². The normalized spacial score (nSPS) is 10.9. The summed E-state index contributed by atoms with van der Waals surface area (Å²) in [6.07, 6.45) is 6.06. The molecule has 2 aromatic carbocycles. The van der Waals surface area contributed by atoms with E-state index in [1.54, 1.807) is 56.9 Å². The number of carbonyl (C=O) groups is 1. The number of anilines is 3. The third kappa shape index (κ3) is 5.16. The SMILES string of the molecule is COc1cc2[nH]c3ncnc(-n4cnc(NC(=S)Nc5ccc(C(=O)Nc6ncccn6)cc5)n4)c3c2cc1OC. The van der Waals surface area contributed by atoms with Crippen LogP contribution in [0.2, 0.25) is 0 Å². The summed E-state index contributed by atoms with van der Waals surface area (Å²) in [7, 11) is 3.16. The summed E-state index contributed by atoms with van der Waals surface area (Å²) < 4.78 is 12.4. The molecule has 0 saturated heterocycles. The molecule has 0 saturated carbocycles. The molecule has 4 heterocycles. The summed E-state index contributed by atoms with van der Waals surface area (Å²) >= 11 is 5.43. The minimum absolute atomic E-state index is 0.226. The molecule has 204 valence electrons. The third-order valence-electron chi connectivity index (χ3n) is 6.00. The van der Waals surface area contributed by atoms with Gasteiger partial charge >= 0.3 is 0 Å². The predicted molar refractivity (Wildman–Crippen MR) is 156 cm³/mol. The van der Waals surface area contributed by atoms with Crippen LogP contribution in [0.4, 0.5) is 17.6 Å². The third-order valence-corrected chi connectivity index (χ3v) is 6.21. The highest BCUT2D eigenvalue weighted by Crippen LogP contribution is 2.36. The molecule has 6 aromatic rings. The molecule has 0 bridgehead atoms. The van der Waals surface area contributed by atoms with Crippen molar-refractivity contribution in [1.82, 2.24) is 39.7 Å². The number of H-pyrrole nitrogens is 1. The van der Waals surface area contributed by atoms with Crippen LogP contribution in [0, 0.1) is 0 Å². The summed E-state index contributed by atoms with van der Waals surface area (Å²) in [5.74, 6) is 1.84. The van der Waals surface area contributed by atoms with Crippen LogP contribution in [0.3, 0.4) is 0 Å². The summed E-state index contributed by atoms with van der Waals surface area (Å²) in [6.45, 7) is 0. The van der Waals surface area contributed by atoms with Crippen LogP contribution in [-0.2, 0) is 0 Å². The van der Waals surface area contributed by atoms with E-state index < -0.39 is 0 Å². The standard InChI is InChI=1S/C26H21N11O3S/c1-39-18-10-16-17(11-19(18)40-2)33-21-20(16)22(30-12-29-21)37-13-31-25(36-37)35-26(41)32-15-6-4-14(5-7-15)23(38)34-24-27-8-3-9-28-24/h3-13H,1-2H3,(H,29,30,33)(H,27,28,34,38)(H2,32,35,36,41). The Morgan fingerprint density at radius 2 is 1.66 bits per heavy atom. The molecule has 4 aromatic heterocycles. The van der Waals surface area contributed by atoms with E-state index in [0.717, 1.165) is 16.3 Å². The second-order valence-corrected chi connectivity index (χ2v) is 8.90. The van der Waals surface area contributed by atoms with E-state index in [9.17, 15) is 4.79 Å². The first-order valence-corrected chi connectivity index (χ1v) is 12.5. The van der Waals surface area contributed by atoms with Crippen LogP contribution < -0.4 is 25.4 Å². The Balaban J connectivity index is 1.17. The number of aromatic amines is 1. The molecule has 0 atom stereocenters. The molecule has 1 amide bonds. The van der Waals surface area contributed by atoms with Crippen molar-refractivity contribution in [2.45, 2.75) is 0 Å². The first-order chi connectivity index (χ1) is 20.0. The molecule has 0 unspecified atom stereocenters. The molecule has 0 aliphatic heterocycles. The zero-order valence-corrected chi connectivity index (χ0v) is 22.4. The molecule has 0 spiro atoms. The summed E-state index contributed by atoms with van der Waals surface area (Å²) in [4.78, 5) is 36.8. The fourth-order valence-electron chi connectivity index (χ4n) is 4.14. The van der Waals surface area contributed by atoms with Gasteiger partial charge in [0.1, 0.15) is 18.3 Å². The summed E-state index contributed by atoms with van der Waals surface area (Å²) in [5.41, 5.74) is 2.53. The average molecular weight is 568 g/mol. The van der Waals surface area contributed by atoms with Crippen LogP contribution in [0.25, 0.3) is 27.8 Å². The van der Waals surface area contributed by atoms with E-state index in [0.29, 0.717) is 34.2 Å². The number of thiocarbonyl (C=S) groups is 1. The van der Waals surface area contributed by atoms with Gasteiger partial charge in [0, 0.05) is 35.1 Å². The molecule has 14 nitrogen and oxygen atoms in total. The number of benzene rings is 2. The van der Waals surface area contributed by atoms with Gasteiger partial charge in [-0.2, -0.15) is 9.67 Å². The fraction of sp³-hybridized carbons (Fsp3) is 0.0769. The monoisotopic (exact) mass is 567 g/mol. The Bertz CT molecular complexity index is 1890. The number of hydrogen-bond acceptors (Lipinski definition) is 10. The number of ether oxygens (including phenoxy) is 2. The number of nitrogens with zero attached hydrogens (tertiary/aromatic N) is 7. The number of fused-ring (bicyclic) bond motifs is 3. The fourth-order valence-corrected chi connectivity index (χ4v) is 4.35. The van der Waals surface area contributed by atoms with Crippen molar-refractivity contribution in [2.75, 3.05) is 30.2 Å². The van der Waals surface area contributed by atoms with E-state index in [2.05, 4.69) is 51.0 Å². The van der Waals surface area contributed by atoms with Gasteiger partial charge in [-0.15, -0.1) is 5.10 Å². The Hall–Kier alpha value is -5.70. The summed E-state index contributed by atoms with van der Waals surface area (Å²) in [5, 5.41) is 15.0. The van der Waals surface area contributed by atoms with Gasteiger partial charge in [0.2, 0.25) is 11.9 Å². The molecule has 0 aliphatic rings. The number of aromatic nitrogens is 8. The molecular weight excluding hydrogens is 546 g/mol. The number of nitrogens with one attached hydrogen (secondary N) is 4. The number of carbonyl (C=O) groups excluding carboxylic acids is 1. The van der Waals surface area contributed by atoms with Gasteiger partial charge in [0.15, 0.2) is 22.4 Å². The minimum atomic E-state index is -0.329. The number of amides is 1. The molecule has 0 radical (unpaired) electrons. The lowest BCUT2D eigenvalue weighted by atomic mass is 10.2. The molecule has 15 heteroatoms. The molecule has 41 heavy (non-hydrogen) atoms. The van der Waals surface area contributed by atoms with Crippen molar-refractivity contribution >= 4 is 62.8 Å². The molecule has 6 rings (SSSR count). The van der Waals surface area contributed by atoms with Crippen LogP contribution in [0.15, 0.2) is 67.5 Å². The first kappa shape index (κ1) is 25.6. The Labute approximate surface area is 237 Å². The van der Waals surface area contributed by atoms with Gasteiger partial charge < -0.3 is 19.8 Å². The van der Waals surface area contributed by atoms with Crippen LogP contribution in [-0.4, -0.2) is 64.9 Å². The zero-order valence-electron chi connectivity index (χ0n) is 21.6. The van der Waals surface area contributed by atoms with E-state index in [4.69, 9.17) is 21.7 Å². The van der Waals surface area contributed by atoms with Crippen LogP contribution >= 0.6 is 12.2 Å². The van der Waals surface area contributed by atoms with Crippen molar-refractivity contribution in [3.05, 3.63) is 73.1 Å². The van der Waals surface area contributed by atoms with Crippen molar-refractivity contribution in [1.29, 1.82) is 0 Å². The van der Waals surface area contributed by atoms with E-state index in [1.165, 1.54) is 17.3 Å². The average Bonchev–Trinajstić information content (AvgIpc) is 3.61. The predicted octanol–water partition coefficient (Wildman–Crippen LogP) is 3.56. The van der Waals surface area contributed by atoms with Crippen LogP contribution in [0.1, 0.15) is 10.4 Å². The second kappa shape index (κ2) is 10.8. The van der Waals surface area contributed by atoms with Gasteiger partial charge in [-0.05, 0) is 48.6 Å². The Morgan fingerprint density at radius 3 is 2.41 bits per heavy atom. The summed E-state index contributed by atoms with van der Waals surface area (Å²) in [6, 6.07) is 12.1. The van der Waals surface area contributed by atoms with Crippen molar-refractivity contribution in [3.63, 3.8) is 0 Å². The maximum Gasteiger partial charge on any atom is 0.258 e. The van der Waals surface area contributed by atoms with Gasteiger partial charge in [-0.3, -0.25) is 15.4 Å². The molecule has 0 fully saturated rings. The quantitative estimate of drug-likeness (QED) is 0.207. The maximum atomic E-state index is 12.4. The highest BCUT2D eigenvalue weighted by atomic mass is 32.1. The lowest BCUT2D eigenvalue weighted by Gasteiger charge is -2.09. The molecular formula is C26H21N11O3S. The first-order valence-electron chi connectivity index (χ1n) is 12.1. The van der Waals surface area contributed by atoms with E-state index >= 15 is 0 Å². The van der Waals surface area contributed by atoms with Gasteiger partial charge in [0.25, 0.3) is 5.91 Å².